The average Bonchev–Trinajstić information content (AvgIpc) is 2.44. The van der Waals surface area contributed by atoms with Crippen molar-refractivity contribution in [1.82, 2.24) is 4.90 Å². The summed E-state index contributed by atoms with van der Waals surface area (Å²) < 4.78 is 10.4. The Hall–Kier alpha value is -1.99. The first-order valence-electron chi connectivity index (χ1n) is 6.12. The van der Waals surface area contributed by atoms with Crippen LogP contribution in [0.25, 0.3) is 0 Å². The van der Waals surface area contributed by atoms with E-state index in [4.69, 9.17) is 9.47 Å². The van der Waals surface area contributed by atoms with Crippen LogP contribution in [0.2, 0.25) is 0 Å². The van der Waals surface area contributed by atoms with E-state index in [1.54, 1.807) is 7.11 Å². The first-order chi connectivity index (χ1) is 9.58. The van der Waals surface area contributed by atoms with E-state index in [1.807, 2.05) is 11.9 Å². The normalized spacial score (nSPS) is 10.6. The van der Waals surface area contributed by atoms with Gasteiger partial charge >= 0.3 is 0 Å². The number of likely N-dealkylation sites (N-methyl/N-ethyl adjacent to an activating group) is 1. The number of nitro groups is 1. The lowest BCUT2D eigenvalue weighted by Crippen LogP contribution is -2.27. The molecule has 0 spiro atoms. The van der Waals surface area contributed by atoms with Crippen molar-refractivity contribution >= 4 is 12.0 Å². The second-order valence-corrected chi connectivity index (χ2v) is 4.24. The lowest BCUT2D eigenvalue weighted by atomic mass is 10.2. The lowest BCUT2D eigenvalue weighted by molar-refractivity contribution is -0.385. The van der Waals surface area contributed by atoms with Crippen LogP contribution in [0.1, 0.15) is 10.4 Å². The first-order valence-corrected chi connectivity index (χ1v) is 6.12. The van der Waals surface area contributed by atoms with Crippen molar-refractivity contribution < 1.29 is 19.2 Å². The van der Waals surface area contributed by atoms with Gasteiger partial charge < -0.3 is 14.4 Å². The standard InChI is InChI=1S/C13H18N2O5/c1-14(5-7-19-2)6-8-20-12-3-4-13(15(17)18)11(9-12)10-16/h3-4,9-10H,5-8H2,1-2H3. The maximum atomic E-state index is 10.8. The number of hydrogen-bond donors (Lipinski definition) is 0. The molecular weight excluding hydrogens is 264 g/mol. The van der Waals surface area contributed by atoms with Gasteiger partial charge in [-0.3, -0.25) is 14.9 Å². The fourth-order valence-corrected chi connectivity index (χ4v) is 1.56. The van der Waals surface area contributed by atoms with Crippen molar-refractivity contribution in [2.75, 3.05) is 40.5 Å². The largest absolute Gasteiger partial charge is 0.492 e. The Bertz CT molecular complexity index is 464. The molecule has 0 atom stereocenters. The minimum Gasteiger partial charge on any atom is -0.492 e. The van der Waals surface area contributed by atoms with Gasteiger partial charge in [0.2, 0.25) is 0 Å². The van der Waals surface area contributed by atoms with Crippen molar-refractivity contribution in [3.63, 3.8) is 0 Å². The van der Waals surface area contributed by atoms with Crippen molar-refractivity contribution in [3.8, 4) is 5.75 Å². The number of carbonyl (C=O) groups is 1. The Balaban J connectivity index is 2.52. The first kappa shape index (κ1) is 16.1. The predicted molar refractivity (Wildman–Crippen MR) is 73.4 cm³/mol. The maximum Gasteiger partial charge on any atom is 0.280 e. The minimum atomic E-state index is -0.591. The second-order valence-electron chi connectivity index (χ2n) is 4.24. The van der Waals surface area contributed by atoms with E-state index < -0.39 is 4.92 Å². The van der Waals surface area contributed by atoms with Crippen LogP contribution >= 0.6 is 0 Å². The van der Waals surface area contributed by atoms with E-state index in [1.165, 1.54) is 18.2 Å². The summed E-state index contributed by atoms with van der Waals surface area (Å²) in [5.41, 5.74) is -0.204. The highest BCUT2D eigenvalue weighted by Crippen LogP contribution is 2.22. The second kappa shape index (κ2) is 8.23. The molecule has 0 unspecified atom stereocenters. The van der Waals surface area contributed by atoms with E-state index >= 15 is 0 Å². The van der Waals surface area contributed by atoms with Crippen LogP contribution in [0.4, 0.5) is 5.69 Å². The molecule has 1 aromatic rings. The Morgan fingerprint density at radius 3 is 2.65 bits per heavy atom. The van der Waals surface area contributed by atoms with E-state index in [0.29, 0.717) is 31.8 Å². The highest BCUT2D eigenvalue weighted by atomic mass is 16.6. The van der Waals surface area contributed by atoms with Crippen LogP contribution in [-0.2, 0) is 4.74 Å². The summed E-state index contributed by atoms with van der Waals surface area (Å²) in [4.78, 5) is 22.9. The number of benzene rings is 1. The van der Waals surface area contributed by atoms with Gasteiger partial charge in [-0.25, -0.2) is 0 Å². The number of hydrogen-bond acceptors (Lipinski definition) is 6. The molecule has 0 aromatic heterocycles. The summed E-state index contributed by atoms with van der Waals surface area (Å²) in [5, 5.41) is 10.7. The zero-order chi connectivity index (χ0) is 15.0. The third-order valence-corrected chi connectivity index (χ3v) is 2.74. The number of ether oxygens (including phenoxy) is 2. The van der Waals surface area contributed by atoms with Crippen molar-refractivity contribution in [3.05, 3.63) is 33.9 Å². The lowest BCUT2D eigenvalue weighted by Gasteiger charge is -2.16. The van der Waals surface area contributed by atoms with Crippen molar-refractivity contribution in [2.45, 2.75) is 0 Å². The molecule has 110 valence electrons. The zero-order valence-corrected chi connectivity index (χ0v) is 11.6. The summed E-state index contributed by atoms with van der Waals surface area (Å²) >= 11 is 0. The van der Waals surface area contributed by atoms with Crippen LogP contribution < -0.4 is 4.74 Å². The molecule has 1 rings (SSSR count). The van der Waals surface area contributed by atoms with E-state index in [2.05, 4.69) is 0 Å². The van der Waals surface area contributed by atoms with Gasteiger partial charge in [0.25, 0.3) is 5.69 Å². The number of carbonyl (C=O) groups excluding carboxylic acids is 1. The fraction of sp³-hybridized carbons (Fsp3) is 0.462. The van der Waals surface area contributed by atoms with Crippen LogP contribution in [0.15, 0.2) is 18.2 Å². The maximum absolute atomic E-state index is 10.8. The van der Waals surface area contributed by atoms with Gasteiger partial charge in [-0.1, -0.05) is 0 Å². The molecule has 20 heavy (non-hydrogen) atoms. The molecule has 7 heteroatoms. The van der Waals surface area contributed by atoms with E-state index in [0.717, 1.165) is 6.54 Å². The molecule has 7 nitrogen and oxygen atoms in total. The smallest absolute Gasteiger partial charge is 0.280 e. The Morgan fingerprint density at radius 1 is 1.35 bits per heavy atom. The molecule has 0 radical (unpaired) electrons. The average molecular weight is 282 g/mol. The van der Waals surface area contributed by atoms with Crippen LogP contribution in [0.5, 0.6) is 5.75 Å². The number of nitrogens with zero attached hydrogens (tertiary/aromatic N) is 2. The molecule has 0 saturated heterocycles. The Morgan fingerprint density at radius 2 is 2.05 bits per heavy atom. The third kappa shape index (κ3) is 4.94. The fourth-order valence-electron chi connectivity index (χ4n) is 1.56. The van der Waals surface area contributed by atoms with Crippen molar-refractivity contribution in [1.29, 1.82) is 0 Å². The summed E-state index contributed by atoms with van der Waals surface area (Å²) in [6.45, 7) is 2.55. The highest BCUT2D eigenvalue weighted by molar-refractivity contribution is 5.82. The van der Waals surface area contributed by atoms with Gasteiger partial charge in [0.15, 0.2) is 6.29 Å². The van der Waals surface area contributed by atoms with Crippen molar-refractivity contribution in [2.24, 2.45) is 0 Å². The van der Waals surface area contributed by atoms with Gasteiger partial charge in [-0.2, -0.15) is 0 Å². The molecule has 0 fully saturated rings. The number of aldehydes is 1. The molecule has 0 aliphatic carbocycles. The predicted octanol–water partition coefficient (Wildman–Crippen LogP) is 1.36. The van der Waals surface area contributed by atoms with Crippen LogP contribution in [-0.4, -0.2) is 56.6 Å². The monoisotopic (exact) mass is 282 g/mol. The van der Waals surface area contributed by atoms with E-state index in [9.17, 15) is 14.9 Å². The summed E-state index contributed by atoms with van der Waals surface area (Å²) in [6, 6.07) is 4.13. The van der Waals surface area contributed by atoms with Gasteiger partial charge in [0, 0.05) is 26.3 Å². The van der Waals surface area contributed by atoms with Gasteiger partial charge in [-0.15, -0.1) is 0 Å². The topological polar surface area (TPSA) is 81.9 Å². The molecule has 0 aliphatic rings. The SMILES string of the molecule is COCCN(C)CCOc1ccc([N+](=O)[O-])c(C=O)c1. The molecule has 0 saturated carbocycles. The third-order valence-electron chi connectivity index (χ3n) is 2.74. The summed E-state index contributed by atoms with van der Waals surface area (Å²) in [6.07, 6.45) is 0.454. The van der Waals surface area contributed by atoms with Gasteiger partial charge in [0.1, 0.15) is 12.4 Å². The Kier molecular flexibility index (Phi) is 6.61. The van der Waals surface area contributed by atoms with E-state index in [-0.39, 0.29) is 11.3 Å². The quantitative estimate of drug-likeness (QED) is 0.386. The molecule has 0 bridgehead atoms. The molecule has 1 aromatic carbocycles. The molecular formula is C13H18N2O5. The molecule has 0 heterocycles. The molecule has 0 N–H and O–H groups in total. The zero-order valence-electron chi connectivity index (χ0n) is 11.6. The van der Waals surface area contributed by atoms with Crippen LogP contribution in [0.3, 0.4) is 0 Å². The number of rotatable bonds is 9. The molecule has 0 amide bonds. The summed E-state index contributed by atoms with van der Waals surface area (Å²) in [5.74, 6) is 0.442. The number of methoxy groups -OCH3 is 1. The van der Waals surface area contributed by atoms with Crippen LogP contribution in [0, 0.1) is 10.1 Å². The minimum absolute atomic E-state index is 0.0141. The Labute approximate surface area is 117 Å². The van der Waals surface area contributed by atoms with Gasteiger partial charge in [0.05, 0.1) is 17.1 Å². The summed E-state index contributed by atoms with van der Waals surface area (Å²) in [7, 11) is 3.58. The molecule has 0 aliphatic heterocycles. The highest BCUT2D eigenvalue weighted by Gasteiger charge is 2.13. The number of nitro benzene ring substituents is 1. The van der Waals surface area contributed by atoms with Gasteiger partial charge in [-0.05, 0) is 19.2 Å².